The van der Waals surface area contributed by atoms with Crippen molar-refractivity contribution >= 4 is 39.3 Å². The van der Waals surface area contributed by atoms with Gasteiger partial charge in [-0.2, -0.15) is 0 Å². The minimum absolute atomic E-state index is 0.193. The molecular formula is C18H17NO2S2. The number of fused-ring (bicyclic) bond motifs is 1. The molecule has 0 N–H and O–H groups in total. The average Bonchev–Trinajstić information content (AvgIpc) is 2.98. The Balaban J connectivity index is 1.43. The molecule has 0 aliphatic carbocycles. The van der Waals surface area contributed by atoms with Crippen LogP contribution in [0.3, 0.4) is 0 Å². The third-order valence-corrected chi connectivity index (χ3v) is 5.29. The number of thiazole rings is 1. The molecule has 0 amide bonds. The number of hydrogen-bond acceptors (Lipinski definition) is 5. The molecule has 0 unspecified atom stereocenters. The predicted molar refractivity (Wildman–Crippen MR) is 96.8 cm³/mol. The van der Waals surface area contributed by atoms with E-state index in [2.05, 4.69) is 36.2 Å². The van der Waals surface area contributed by atoms with Crippen LogP contribution in [-0.4, -0.2) is 16.7 Å². The van der Waals surface area contributed by atoms with Crippen LogP contribution < -0.4 is 0 Å². The van der Waals surface area contributed by atoms with Gasteiger partial charge in [-0.05, 0) is 24.6 Å². The molecule has 0 aliphatic heterocycles. The molecule has 3 aromatic rings. The molecule has 0 saturated carbocycles. The van der Waals surface area contributed by atoms with Crippen molar-refractivity contribution in [1.29, 1.82) is 0 Å². The number of hydrogen-bond donors (Lipinski definition) is 0. The number of nitrogens with zero attached hydrogens (tertiary/aromatic N) is 1. The van der Waals surface area contributed by atoms with E-state index in [4.69, 9.17) is 4.74 Å². The van der Waals surface area contributed by atoms with Gasteiger partial charge in [0, 0.05) is 5.75 Å². The molecule has 0 bridgehead atoms. The number of para-hydroxylation sites is 1. The molecule has 3 nitrogen and oxygen atoms in total. The maximum Gasteiger partial charge on any atom is 0.316 e. The van der Waals surface area contributed by atoms with Gasteiger partial charge in [-0.15, -0.1) is 23.1 Å². The summed E-state index contributed by atoms with van der Waals surface area (Å²) >= 11 is 3.14. The second kappa shape index (κ2) is 7.62. The van der Waals surface area contributed by atoms with E-state index >= 15 is 0 Å². The van der Waals surface area contributed by atoms with Crippen LogP contribution in [0.2, 0.25) is 0 Å². The SMILES string of the molecule is Cc1ccc(CSCC(=O)OCc2nc3ccccc3s2)cc1. The van der Waals surface area contributed by atoms with Gasteiger partial charge in [0.05, 0.1) is 16.0 Å². The summed E-state index contributed by atoms with van der Waals surface area (Å²) in [6, 6.07) is 16.3. The summed E-state index contributed by atoms with van der Waals surface area (Å²) in [6.07, 6.45) is 0. The summed E-state index contributed by atoms with van der Waals surface area (Å²) < 4.78 is 6.42. The van der Waals surface area contributed by atoms with Crippen molar-refractivity contribution in [1.82, 2.24) is 4.98 Å². The molecular weight excluding hydrogens is 326 g/mol. The smallest absolute Gasteiger partial charge is 0.316 e. The zero-order valence-electron chi connectivity index (χ0n) is 12.8. The normalized spacial score (nSPS) is 10.8. The van der Waals surface area contributed by atoms with Crippen molar-refractivity contribution in [3.63, 3.8) is 0 Å². The Morgan fingerprint density at radius 1 is 1.17 bits per heavy atom. The van der Waals surface area contributed by atoms with Crippen LogP contribution in [0.5, 0.6) is 0 Å². The third kappa shape index (κ3) is 4.56. The number of ether oxygens (including phenoxy) is 1. The Hall–Kier alpha value is -1.85. The standard InChI is InChI=1S/C18H17NO2S2/c1-13-6-8-14(9-7-13)11-22-12-18(20)21-10-17-19-15-4-2-3-5-16(15)23-17/h2-9H,10-12H2,1H3. The number of carbonyl (C=O) groups is 1. The van der Waals surface area contributed by atoms with Crippen LogP contribution in [0.4, 0.5) is 0 Å². The minimum Gasteiger partial charge on any atom is -0.458 e. The maximum absolute atomic E-state index is 11.8. The van der Waals surface area contributed by atoms with Crippen molar-refractivity contribution in [2.75, 3.05) is 5.75 Å². The maximum atomic E-state index is 11.8. The molecule has 5 heteroatoms. The van der Waals surface area contributed by atoms with Crippen LogP contribution in [0.25, 0.3) is 10.2 Å². The number of thioether (sulfide) groups is 1. The first-order valence-corrected chi connectivity index (χ1v) is 9.31. The van der Waals surface area contributed by atoms with Crippen molar-refractivity contribution in [2.45, 2.75) is 19.3 Å². The Morgan fingerprint density at radius 2 is 1.96 bits per heavy atom. The molecule has 1 heterocycles. The number of benzene rings is 2. The minimum atomic E-state index is -0.193. The molecule has 0 aliphatic rings. The summed E-state index contributed by atoms with van der Waals surface area (Å²) in [4.78, 5) is 16.3. The number of carbonyl (C=O) groups excluding carboxylic acids is 1. The molecule has 2 aromatic carbocycles. The van der Waals surface area contributed by atoms with Crippen molar-refractivity contribution < 1.29 is 9.53 Å². The molecule has 23 heavy (non-hydrogen) atoms. The molecule has 0 saturated heterocycles. The van der Waals surface area contributed by atoms with Crippen LogP contribution in [-0.2, 0) is 21.9 Å². The lowest BCUT2D eigenvalue weighted by atomic mass is 10.2. The van der Waals surface area contributed by atoms with Gasteiger partial charge in [-0.1, -0.05) is 42.0 Å². The number of rotatable bonds is 6. The molecule has 3 rings (SSSR count). The van der Waals surface area contributed by atoms with Gasteiger partial charge < -0.3 is 4.74 Å². The largest absolute Gasteiger partial charge is 0.458 e. The number of esters is 1. The highest BCUT2D eigenvalue weighted by Crippen LogP contribution is 2.22. The topological polar surface area (TPSA) is 39.2 Å². The van der Waals surface area contributed by atoms with Gasteiger partial charge in [0.2, 0.25) is 0 Å². The van der Waals surface area contributed by atoms with E-state index in [1.165, 1.54) is 11.1 Å². The molecule has 0 fully saturated rings. The first-order chi connectivity index (χ1) is 11.2. The molecule has 0 spiro atoms. The molecule has 118 valence electrons. The highest BCUT2D eigenvalue weighted by Gasteiger charge is 2.07. The molecule has 1 aromatic heterocycles. The fourth-order valence-corrected chi connectivity index (χ4v) is 3.76. The van der Waals surface area contributed by atoms with E-state index < -0.39 is 0 Å². The fourth-order valence-electron chi connectivity index (χ4n) is 2.10. The lowest BCUT2D eigenvalue weighted by Crippen LogP contribution is -2.07. The summed E-state index contributed by atoms with van der Waals surface area (Å²) in [5, 5.41) is 0.836. The predicted octanol–water partition coefficient (Wildman–Crippen LogP) is 4.58. The lowest BCUT2D eigenvalue weighted by molar-refractivity contribution is -0.141. The summed E-state index contributed by atoms with van der Waals surface area (Å²) in [7, 11) is 0. The molecule has 0 atom stereocenters. The second-order valence-corrected chi connectivity index (χ2v) is 7.32. The second-order valence-electron chi connectivity index (χ2n) is 5.21. The lowest BCUT2D eigenvalue weighted by Gasteiger charge is -2.03. The highest BCUT2D eigenvalue weighted by molar-refractivity contribution is 7.99. The van der Waals surface area contributed by atoms with Gasteiger partial charge in [-0.25, -0.2) is 4.98 Å². The van der Waals surface area contributed by atoms with Gasteiger partial charge in [0.25, 0.3) is 0 Å². The van der Waals surface area contributed by atoms with Crippen LogP contribution in [0, 0.1) is 6.92 Å². The average molecular weight is 343 g/mol. The summed E-state index contributed by atoms with van der Waals surface area (Å²) in [5.41, 5.74) is 3.42. The quantitative estimate of drug-likeness (QED) is 0.614. The van der Waals surface area contributed by atoms with E-state index in [-0.39, 0.29) is 12.6 Å². The van der Waals surface area contributed by atoms with E-state index in [1.54, 1.807) is 23.1 Å². The van der Waals surface area contributed by atoms with Crippen LogP contribution in [0.1, 0.15) is 16.1 Å². The van der Waals surface area contributed by atoms with Crippen molar-refractivity contribution in [2.24, 2.45) is 0 Å². The first kappa shape index (κ1) is 16.0. The van der Waals surface area contributed by atoms with Gasteiger partial charge >= 0.3 is 5.97 Å². The third-order valence-electron chi connectivity index (χ3n) is 3.30. The Bertz CT molecular complexity index is 763. The van der Waals surface area contributed by atoms with Crippen LogP contribution in [0.15, 0.2) is 48.5 Å². The van der Waals surface area contributed by atoms with Crippen molar-refractivity contribution in [3.8, 4) is 0 Å². The van der Waals surface area contributed by atoms with Crippen LogP contribution >= 0.6 is 23.1 Å². The zero-order chi connectivity index (χ0) is 16.1. The summed E-state index contributed by atoms with van der Waals surface area (Å²) in [6.45, 7) is 2.32. The number of aryl methyl sites for hydroxylation is 1. The monoisotopic (exact) mass is 343 g/mol. The van der Waals surface area contributed by atoms with E-state index in [0.717, 1.165) is 21.0 Å². The fraction of sp³-hybridized carbons (Fsp3) is 0.222. The van der Waals surface area contributed by atoms with Gasteiger partial charge in [0.1, 0.15) is 11.6 Å². The van der Waals surface area contributed by atoms with E-state index in [9.17, 15) is 4.79 Å². The Labute approximate surface area is 143 Å². The Kier molecular flexibility index (Phi) is 5.31. The molecule has 0 radical (unpaired) electrons. The van der Waals surface area contributed by atoms with E-state index in [1.807, 2.05) is 24.3 Å². The number of aromatic nitrogens is 1. The van der Waals surface area contributed by atoms with Crippen molar-refractivity contribution in [3.05, 3.63) is 64.7 Å². The summed E-state index contributed by atoms with van der Waals surface area (Å²) in [5.74, 6) is 0.983. The van der Waals surface area contributed by atoms with Gasteiger partial charge in [-0.3, -0.25) is 4.79 Å². The zero-order valence-corrected chi connectivity index (χ0v) is 14.5. The van der Waals surface area contributed by atoms with E-state index in [0.29, 0.717) is 5.75 Å². The highest BCUT2D eigenvalue weighted by atomic mass is 32.2. The first-order valence-electron chi connectivity index (χ1n) is 7.34. The van der Waals surface area contributed by atoms with Gasteiger partial charge in [0.15, 0.2) is 0 Å². The Morgan fingerprint density at radius 3 is 2.74 bits per heavy atom.